The van der Waals surface area contributed by atoms with Gasteiger partial charge in [0.1, 0.15) is 5.82 Å². The largest absolute Gasteiger partial charge is 0.395 e. The number of aliphatic imine (C=N–C) groups is 1. The van der Waals surface area contributed by atoms with Gasteiger partial charge < -0.3 is 5.11 Å². The summed E-state index contributed by atoms with van der Waals surface area (Å²) in [5, 5.41) is 26.2. The average molecular weight is 484 g/mol. The average Bonchev–Trinajstić information content (AvgIpc) is 3.07. The molecule has 0 radical (unpaired) electrons. The van der Waals surface area contributed by atoms with Gasteiger partial charge in [-0.25, -0.2) is 27.2 Å². The van der Waals surface area contributed by atoms with Gasteiger partial charge in [0, 0.05) is 5.75 Å². The van der Waals surface area contributed by atoms with E-state index in [4.69, 9.17) is 0 Å². The Balaban J connectivity index is 2.20. The highest BCUT2D eigenvalue weighted by Crippen LogP contribution is 2.24. The van der Waals surface area contributed by atoms with Crippen LogP contribution in [0.4, 0.5) is 10.1 Å². The van der Waals surface area contributed by atoms with Crippen LogP contribution in [0.25, 0.3) is 0 Å². The SMILES string of the molecule is CS(=O)(=O)NC(CO)CSc1nonc1C(=Nc1ccc(F)c(Br)c1)NO. The summed E-state index contributed by atoms with van der Waals surface area (Å²) in [6.07, 6.45) is 0.977. The highest BCUT2D eigenvalue weighted by atomic mass is 79.9. The summed E-state index contributed by atoms with van der Waals surface area (Å²) < 4.78 is 43.0. The van der Waals surface area contributed by atoms with Crippen molar-refractivity contribution in [3.8, 4) is 0 Å². The van der Waals surface area contributed by atoms with E-state index in [0.717, 1.165) is 18.0 Å². The van der Waals surface area contributed by atoms with Crippen LogP contribution in [0, 0.1) is 5.82 Å². The monoisotopic (exact) mass is 483 g/mol. The molecule has 1 atom stereocenters. The van der Waals surface area contributed by atoms with Gasteiger partial charge >= 0.3 is 0 Å². The van der Waals surface area contributed by atoms with Crippen molar-refractivity contribution in [3.05, 3.63) is 34.2 Å². The molecule has 1 aromatic heterocycles. The molecule has 2 rings (SSSR count). The van der Waals surface area contributed by atoms with E-state index in [0.29, 0.717) is 5.69 Å². The van der Waals surface area contributed by atoms with Crippen molar-refractivity contribution in [2.24, 2.45) is 4.99 Å². The molecule has 1 unspecified atom stereocenters. The Morgan fingerprint density at radius 3 is 2.81 bits per heavy atom. The van der Waals surface area contributed by atoms with Crippen molar-refractivity contribution >= 4 is 49.2 Å². The lowest BCUT2D eigenvalue weighted by molar-refractivity contribution is 0.234. The van der Waals surface area contributed by atoms with Crippen LogP contribution < -0.4 is 10.2 Å². The maximum atomic E-state index is 13.3. The van der Waals surface area contributed by atoms with Crippen LogP contribution in [0.1, 0.15) is 5.69 Å². The number of sulfonamides is 1. The fourth-order valence-electron chi connectivity index (χ4n) is 1.84. The van der Waals surface area contributed by atoms with Crippen LogP contribution in [0.3, 0.4) is 0 Å². The molecule has 0 aliphatic heterocycles. The van der Waals surface area contributed by atoms with Gasteiger partial charge in [-0.05, 0) is 44.4 Å². The molecule has 1 aromatic carbocycles. The first-order valence-electron chi connectivity index (χ1n) is 7.21. The third kappa shape index (κ3) is 6.51. The summed E-state index contributed by atoms with van der Waals surface area (Å²) in [5.74, 6) is -0.472. The maximum Gasteiger partial charge on any atom is 0.209 e. The number of benzene rings is 1. The fraction of sp³-hybridized carbons (Fsp3) is 0.308. The van der Waals surface area contributed by atoms with Crippen molar-refractivity contribution in [1.82, 2.24) is 20.5 Å². The number of hydrogen-bond donors (Lipinski definition) is 4. The smallest absolute Gasteiger partial charge is 0.209 e. The zero-order valence-corrected chi connectivity index (χ0v) is 17.0. The standard InChI is InChI=1S/C13H15BrFN5O5S2/c1-27(23,24)20-8(5-21)6-26-13-11(18-25-19-13)12(17-22)16-7-2-3-10(15)9(14)4-7/h2-4,8,20-22H,5-6H2,1H3,(H,16,17). The maximum absolute atomic E-state index is 13.3. The molecule has 0 aliphatic rings. The van der Waals surface area contributed by atoms with Crippen LogP contribution in [-0.2, 0) is 10.0 Å². The van der Waals surface area contributed by atoms with Gasteiger partial charge in [0.05, 0.1) is 29.1 Å². The van der Waals surface area contributed by atoms with Gasteiger partial charge in [0.25, 0.3) is 0 Å². The van der Waals surface area contributed by atoms with Gasteiger partial charge in [-0.2, -0.15) is 0 Å². The number of aliphatic hydroxyl groups excluding tert-OH is 1. The molecule has 0 amide bonds. The molecule has 0 saturated heterocycles. The van der Waals surface area contributed by atoms with E-state index >= 15 is 0 Å². The van der Waals surface area contributed by atoms with Gasteiger partial charge in [-0.3, -0.25) is 10.7 Å². The van der Waals surface area contributed by atoms with E-state index in [9.17, 15) is 23.1 Å². The summed E-state index contributed by atoms with van der Waals surface area (Å²) in [6, 6.07) is 3.21. The number of aromatic nitrogens is 2. The first-order chi connectivity index (χ1) is 12.7. The van der Waals surface area contributed by atoms with E-state index in [1.165, 1.54) is 18.2 Å². The molecule has 0 spiro atoms. The summed E-state index contributed by atoms with van der Waals surface area (Å²) in [5.41, 5.74) is 2.24. The summed E-state index contributed by atoms with van der Waals surface area (Å²) in [4.78, 5) is 4.11. The molecule has 0 fully saturated rings. The van der Waals surface area contributed by atoms with Crippen LogP contribution in [0.5, 0.6) is 0 Å². The Kier molecular flexibility index (Phi) is 7.69. The van der Waals surface area contributed by atoms with Gasteiger partial charge in [0.2, 0.25) is 10.0 Å². The third-order valence-corrected chi connectivity index (χ3v) is 5.43. The molecule has 0 bridgehead atoms. The molecular formula is C13H15BrFN5O5S2. The lowest BCUT2D eigenvalue weighted by Gasteiger charge is -2.13. The van der Waals surface area contributed by atoms with E-state index in [-0.39, 0.29) is 26.8 Å². The predicted molar refractivity (Wildman–Crippen MR) is 99.1 cm³/mol. The quantitative estimate of drug-likeness (QED) is 0.186. The van der Waals surface area contributed by atoms with Crippen molar-refractivity contribution in [3.63, 3.8) is 0 Å². The number of thioether (sulfide) groups is 1. The topological polar surface area (TPSA) is 150 Å². The Morgan fingerprint density at radius 2 is 2.22 bits per heavy atom. The van der Waals surface area contributed by atoms with Crippen molar-refractivity contribution in [2.45, 2.75) is 11.1 Å². The number of nitrogens with zero attached hydrogens (tertiary/aromatic N) is 3. The second-order valence-electron chi connectivity index (χ2n) is 5.17. The summed E-state index contributed by atoms with van der Waals surface area (Å²) in [6.45, 7) is -0.427. The van der Waals surface area contributed by atoms with Gasteiger partial charge in [-0.15, -0.1) is 0 Å². The number of nitrogens with one attached hydrogen (secondary N) is 2. The number of hydrogen-bond acceptors (Lipinski definition) is 9. The molecule has 148 valence electrons. The van der Waals surface area contributed by atoms with Crippen LogP contribution >= 0.6 is 27.7 Å². The molecular weight excluding hydrogens is 469 g/mol. The molecule has 10 nitrogen and oxygen atoms in total. The van der Waals surface area contributed by atoms with Crippen molar-refractivity contribution in [2.75, 3.05) is 18.6 Å². The van der Waals surface area contributed by atoms with Crippen molar-refractivity contribution < 1.29 is 27.8 Å². The number of aliphatic hydroxyl groups is 1. The minimum absolute atomic E-state index is 0.0546. The molecule has 0 saturated carbocycles. The van der Waals surface area contributed by atoms with Gasteiger partial charge in [0.15, 0.2) is 16.6 Å². The number of rotatable bonds is 8. The Labute approximate surface area is 166 Å². The highest BCUT2D eigenvalue weighted by molar-refractivity contribution is 9.10. The normalized spacial score (nSPS) is 13.6. The van der Waals surface area contributed by atoms with Crippen LogP contribution in [0.15, 0.2) is 37.3 Å². The number of hydroxylamine groups is 1. The van der Waals surface area contributed by atoms with Crippen LogP contribution in [-0.4, -0.2) is 59.5 Å². The Morgan fingerprint density at radius 1 is 1.48 bits per heavy atom. The molecule has 0 aliphatic carbocycles. The number of amidine groups is 1. The molecule has 1 heterocycles. The molecule has 2 aromatic rings. The second-order valence-corrected chi connectivity index (χ2v) is 8.81. The molecule has 14 heteroatoms. The lowest BCUT2D eigenvalue weighted by Crippen LogP contribution is -2.38. The van der Waals surface area contributed by atoms with E-state index in [2.05, 4.69) is 40.6 Å². The molecule has 27 heavy (non-hydrogen) atoms. The zero-order chi connectivity index (χ0) is 20.0. The molecule has 4 N–H and O–H groups in total. The third-order valence-electron chi connectivity index (χ3n) is 2.96. The van der Waals surface area contributed by atoms with E-state index in [1.54, 1.807) is 0 Å². The lowest BCUT2D eigenvalue weighted by atomic mass is 10.3. The fourth-order valence-corrected chi connectivity index (χ4v) is 3.98. The predicted octanol–water partition coefficient (Wildman–Crippen LogP) is 1.03. The minimum atomic E-state index is -3.50. The van der Waals surface area contributed by atoms with E-state index < -0.39 is 28.5 Å². The van der Waals surface area contributed by atoms with Crippen LogP contribution in [0.2, 0.25) is 0 Å². The first-order valence-corrected chi connectivity index (χ1v) is 10.9. The Bertz CT molecular complexity index is 924. The minimum Gasteiger partial charge on any atom is -0.395 e. The summed E-state index contributed by atoms with van der Waals surface area (Å²) in [7, 11) is -3.50. The van der Waals surface area contributed by atoms with Crippen molar-refractivity contribution in [1.29, 1.82) is 0 Å². The van der Waals surface area contributed by atoms with E-state index in [1.807, 2.05) is 5.48 Å². The highest BCUT2D eigenvalue weighted by Gasteiger charge is 2.20. The number of halogens is 2. The Hall–Kier alpha value is -1.58. The zero-order valence-electron chi connectivity index (χ0n) is 13.8. The van der Waals surface area contributed by atoms with Gasteiger partial charge in [-0.1, -0.05) is 11.8 Å². The summed E-state index contributed by atoms with van der Waals surface area (Å²) >= 11 is 4.07. The second kappa shape index (κ2) is 9.57. The first kappa shape index (κ1) is 21.7.